The van der Waals surface area contributed by atoms with E-state index < -0.39 is 0 Å². The van der Waals surface area contributed by atoms with Gasteiger partial charge in [-0.3, -0.25) is 19.5 Å². The number of hydrogen-bond acceptors (Lipinski definition) is 6. The van der Waals surface area contributed by atoms with Crippen molar-refractivity contribution in [3.63, 3.8) is 0 Å². The largest absolute Gasteiger partial charge is 0.371 e. The van der Waals surface area contributed by atoms with Crippen LogP contribution in [0.25, 0.3) is 0 Å². The quantitative estimate of drug-likeness (QED) is 0.551. The summed E-state index contributed by atoms with van der Waals surface area (Å²) in [5.41, 5.74) is 7.20. The minimum atomic E-state index is -0.377. The Balaban J connectivity index is 1.39. The zero-order valence-electron chi connectivity index (χ0n) is 18.0. The van der Waals surface area contributed by atoms with E-state index in [1.54, 1.807) is 0 Å². The Hall–Kier alpha value is -2.58. The minimum Gasteiger partial charge on any atom is -0.371 e. The van der Waals surface area contributed by atoms with Crippen LogP contribution in [0.3, 0.4) is 0 Å². The van der Waals surface area contributed by atoms with Crippen molar-refractivity contribution in [2.75, 3.05) is 49.2 Å². The molecule has 7 nitrogen and oxygen atoms in total. The molecule has 1 fully saturated rings. The number of likely N-dealkylation sites (N-methyl/N-ethyl adjacent to an activating group) is 1. The molecule has 31 heavy (non-hydrogen) atoms. The Morgan fingerprint density at radius 2 is 1.90 bits per heavy atom. The molecule has 3 rings (SSSR count). The molecule has 0 saturated carbocycles. The number of thioether (sulfide) groups is 1. The van der Waals surface area contributed by atoms with Gasteiger partial charge in [-0.05, 0) is 63.0 Å². The summed E-state index contributed by atoms with van der Waals surface area (Å²) in [5, 5.41) is 2.96. The Morgan fingerprint density at radius 3 is 2.61 bits per heavy atom. The van der Waals surface area contributed by atoms with Crippen molar-refractivity contribution in [3.05, 3.63) is 48.8 Å². The first-order valence-corrected chi connectivity index (χ1v) is 11.6. The van der Waals surface area contributed by atoms with Crippen LogP contribution in [0.1, 0.15) is 19.3 Å². The molecule has 0 spiro atoms. The lowest BCUT2D eigenvalue weighted by molar-refractivity contribution is -0.117. The Labute approximate surface area is 188 Å². The van der Waals surface area contributed by atoms with Crippen LogP contribution < -0.4 is 16.0 Å². The van der Waals surface area contributed by atoms with E-state index in [1.165, 1.54) is 30.3 Å². The van der Waals surface area contributed by atoms with Gasteiger partial charge in [-0.1, -0.05) is 12.1 Å². The summed E-state index contributed by atoms with van der Waals surface area (Å²) in [6.07, 6.45) is 7.13. The average molecular weight is 442 g/mol. The highest BCUT2D eigenvalue weighted by molar-refractivity contribution is 8.00. The van der Waals surface area contributed by atoms with E-state index in [9.17, 15) is 9.59 Å². The standard InChI is InChI=1S/C23H31N5O2S/c1-27(13-8-18-9-14-28(15-10-18)19-6-11-25-12-7-19)16-23(30)26-20-4-2-3-5-21(20)31-17-22(24)29/h2-7,11-12,18H,8-10,13-17H2,1H3,(H2,24,29)(H,26,30). The normalized spacial score (nSPS) is 14.6. The number of carbonyl (C=O) groups is 2. The number of anilines is 2. The van der Waals surface area contributed by atoms with E-state index >= 15 is 0 Å². The van der Waals surface area contributed by atoms with Crippen molar-refractivity contribution in [2.45, 2.75) is 24.2 Å². The number of primary amides is 1. The third kappa shape index (κ3) is 7.56. The van der Waals surface area contributed by atoms with E-state index in [0.29, 0.717) is 12.5 Å². The van der Waals surface area contributed by atoms with E-state index in [1.807, 2.05) is 43.7 Å². The number of rotatable bonds is 10. The predicted octanol–water partition coefficient (Wildman–Crippen LogP) is 2.84. The molecule has 3 N–H and O–H groups in total. The lowest BCUT2D eigenvalue weighted by Crippen LogP contribution is -2.36. The summed E-state index contributed by atoms with van der Waals surface area (Å²) in [7, 11) is 1.99. The first kappa shape index (κ1) is 23.1. The first-order chi connectivity index (χ1) is 15.0. The lowest BCUT2D eigenvalue weighted by Gasteiger charge is -2.34. The number of aromatic nitrogens is 1. The topological polar surface area (TPSA) is 91.6 Å². The van der Waals surface area contributed by atoms with Crippen LogP contribution in [0.5, 0.6) is 0 Å². The zero-order chi connectivity index (χ0) is 22.1. The van der Waals surface area contributed by atoms with Crippen LogP contribution in [-0.2, 0) is 9.59 Å². The first-order valence-electron chi connectivity index (χ1n) is 10.6. The summed E-state index contributed by atoms with van der Waals surface area (Å²) in [6.45, 7) is 3.37. The molecule has 1 aromatic carbocycles. The molecule has 2 heterocycles. The van der Waals surface area contributed by atoms with Gasteiger partial charge >= 0.3 is 0 Å². The van der Waals surface area contributed by atoms with E-state index in [-0.39, 0.29) is 17.6 Å². The van der Waals surface area contributed by atoms with Crippen LogP contribution in [-0.4, -0.2) is 60.7 Å². The summed E-state index contributed by atoms with van der Waals surface area (Å²) in [5.74, 6) is 0.446. The van der Waals surface area contributed by atoms with Gasteiger partial charge in [-0.2, -0.15) is 0 Å². The molecule has 1 saturated heterocycles. The van der Waals surface area contributed by atoms with Gasteiger partial charge in [0.2, 0.25) is 11.8 Å². The van der Waals surface area contributed by atoms with Gasteiger partial charge in [0.05, 0.1) is 18.0 Å². The van der Waals surface area contributed by atoms with Gasteiger partial charge in [0, 0.05) is 36.1 Å². The van der Waals surface area contributed by atoms with Crippen LogP contribution in [0.2, 0.25) is 0 Å². The molecule has 166 valence electrons. The fourth-order valence-corrected chi connectivity index (χ4v) is 4.54. The molecule has 2 aromatic rings. The van der Waals surface area contributed by atoms with Crippen LogP contribution >= 0.6 is 11.8 Å². The number of amides is 2. The highest BCUT2D eigenvalue weighted by Gasteiger charge is 2.20. The maximum Gasteiger partial charge on any atom is 0.238 e. The number of nitrogens with one attached hydrogen (secondary N) is 1. The second-order valence-electron chi connectivity index (χ2n) is 7.96. The minimum absolute atomic E-state index is 0.0536. The third-order valence-electron chi connectivity index (χ3n) is 5.51. The molecule has 0 radical (unpaired) electrons. The Bertz CT molecular complexity index is 856. The molecule has 1 aliphatic heterocycles. The number of para-hydroxylation sites is 1. The SMILES string of the molecule is CN(CCC1CCN(c2ccncc2)CC1)CC(=O)Nc1ccccc1SCC(N)=O. The number of carbonyl (C=O) groups excluding carboxylic acids is 2. The summed E-state index contributed by atoms with van der Waals surface area (Å²) >= 11 is 1.33. The van der Waals surface area contributed by atoms with Gasteiger partial charge in [0.25, 0.3) is 0 Å². The molecular formula is C23H31N5O2S. The molecule has 0 unspecified atom stereocenters. The zero-order valence-corrected chi connectivity index (χ0v) is 18.8. The van der Waals surface area contributed by atoms with Crippen molar-refractivity contribution in [1.82, 2.24) is 9.88 Å². The number of hydrogen-bond donors (Lipinski definition) is 2. The number of pyridine rings is 1. The summed E-state index contributed by atoms with van der Waals surface area (Å²) in [6, 6.07) is 11.6. The highest BCUT2D eigenvalue weighted by atomic mass is 32.2. The molecular weight excluding hydrogens is 410 g/mol. The van der Waals surface area contributed by atoms with Crippen LogP contribution in [0.15, 0.2) is 53.7 Å². The highest BCUT2D eigenvalue weighted by Crippen LogP contribution is 2.27. The lowest BCUT2D eigenvalue weighted by atomic mass is 9.93. The maximum atomic E-state index is 12.5. The van der Waals surface area contributed by atoms with Gasteiger partial charge in [0.1, 0.15) is 0 Å². The fraction of sp³-hybridized carbons (Fsp3) is 0.435. The molecule has 2 amide bonds. The smallest absolute Gasteiger partial charge is 0.238 e. The summed E-state index contributed by atoms with van der Waals surface area (Å²) in [4.78, 5) is 33.0. The van der Waals surface area contributed by atoms with Gasteiger partial charge in [0.15, 0.2) is 0 Å². The Morgan fingerprint density at radius 1 is 1.19 bits per heavy atom. The molecule has 0 atom stereocenters. The molecule has 0 bridgehead atoms. The average Bonchev–Trinajstić information content (AvgIpc) is 2.78. The van der Waals surface area contributed by atoms with Crippen molar-refractivity contribution < 1.29 is 9.59 Å². The van der Waals surface area contributed by atoms with Crippen molar-refractivity contribution in [2.24, 2.45) is 11.7 Å². The van der Waals surface area contributed by atoms with Gasteiger partial charge in [-0.25, -0.2) is 0 Å². The third-order valence-corrected chi connectivity index (χ3v) is 6.60. The molecule has 1 aromatic heterocycles. The number of nitrogens with two attached hydrogens (primary N) is 1. The predicted molar refractivity (Wildman–Crippen MR) is 126 cm³/mol. The van der Waals surface area contributed by atoms with E-state index in [0.717, 1.165) is 36.6 Å². The second-order valence-corrected chi connectivity index (χ2v) is 8.98. The Kier molecular flexibility index (Phi) is 8.73. The van der Waals surface area contributed by atoms with Crippen molar-refractivity contribution in [1.29, 1.82) is 0 Å². The molecule has 1 aliphatic rings. The van der Waals surface area contributed by atoms with Crippen molar-refractivity contribution in [3.8, 4) is 0 Å². The summed E-state index contributed by atoms with van der Waals surface area (Å²) < 4.78 is 0. The number of piperidine rings is 1. The van der Waals surface area contributed by atoms with Crippen LogP contribution in [0.4, 0.5) is 11.4 Å². The maximum absolute atomic E-state index is 12.5. The van der Waals surface area contributed by atoms with Crippen molar-refractivity contribution >= 4 is 35.0 Å². The van der Waals surface area contributed by atoms with Crippen LogP contribution in [0, 0.1) is 5.92 Å². The van der Waals surface area contributed by atoms with E-state index in [4.69, 9.17) is 5.73 Å². The fourth-order valence-electron chi connectivity index (χ4n) is 3.80. The monoisotopic (exact) mass is 441 g/mol. The second kappa shape index (κ2) is 11.7. The number of nitrogens with zero attached hydrogens (tertiary/aromatic N) is 3. The molecule has 0 aliphatic carbocycles. The van der Waals surface area contributed by atoms with Gasteiger partial charge < -0.3 is 16.0 Å². The number of benzene rings is 1. The van der Waals surface area contributed by atoms with E-state index in [2.05, 4.69) is 32.2 Å². The van der Waals surface area contributed by atoms with Gasteiger partial charge in [-0.15, -0.1) is 11.8 Å². The molecule has 8 heteroatoms.